The number of nitro benzene ring substituents is 1. The number of hydrogen-bond donors (Lipinski definition) is 0. The van der Waals surface area contributed by atoms with Gasteiger partial charge in [0.25, 0.3) is 11.6 Å². The molecule has 0 aliphatic carbocycles. The van der Waals surface area contributed by atoms with Crippen LogP contribution in [-0.4, -0.2) is 47.9 Å². The van der Waals surface area contributed by atoms with Crippen LogP contribution in [0.2, 0.25) is 5.02 Å². The molecule has 0 fully saturated rings. The normalized spacial score (nSPS) is 10.8. The molecule has 0 bridgehead atoms. The highest BCUT2D eigenvalue weighted by atomic mass is 35.5. The molecule has 0 aliphatic heterocycles. The Labute approximate surface area is 189 Å². The molecule has 0 atom stereocenters. The third-order valence-corrected chi connectivity index (χ3v) is 5.76. The molecule has 0 saturated carbocycles. The van der Waals surface area contributed by atoms with Gasteiger partial charge in [-0.05, 0) is 57.7 Å². The molecule has 0 radical (unpaired) electrons. The van der Waals surface area contributed by atoms with Gasteiger partial charge in [0.15, 0.2) is 5.13 Å². The molecule has 0 aliphatic rings. The van der Waals surface area contributed by atoms with Crippen LogP contribution in [0.1, 0.15) is 22.3 Å². The van der Waals surface area contributed by atoms with Crippen molar-refractivity contribution in [3.05, 3.63) is 62.7 Å². The summed E-state index contributed by atoms with van der Waals surface area (Å²) in [4.78, 5) is 32.2. The Morgan fingerprint density at radius 3 is 2.60 bits per heavy atom. The van der Waals surface area contributed by atoms with E-state index in [1.165, 1.54) is 29.5 Å². The third kappa shape index (κ3) is 5.46. The first-order valence-electron chi connectivity index (χ1n) is 9.04. The van der Waals surface area contributed by atoms with E-state index in [9.17, 15) is 14.9 Å². The maximum absolute atomic E-state index is 13.3. The number of halogens is 2. The smallest absolute Gasteiger partial charge is 0.270 e. The summed E-state index contributed by atoms with van der Waals surface area (Å²) in [6, 6.07) is 9.82. The first kappa shape index (κ1) is 24.0. The number of fused-ring (bicyclic) bond motifs is 1. The van der Waals surface area contributed by atoms with Crippen LogP contribution in [0.15, 0.2) is 36.4 Å². The number of hydrogen-bond acceptors (Lipinski definition) is 6. The van der Waals surface area contributed by atoms with Crippen molar-refractivity contribution in [2.45, 2.75) is 13.3 Å². The van der Waals surface area contributed by atoms with Gasteiger partial charge in [0.2, 0.25) is 0 Å². The van der Waals surface area contributed by atoms with Crippen molar-refractivity contribution in [1.82, 2.24) is 9.88 Å². The number of carbonyl (C=O) groups excluding carboxylic acids is 1. The quantitative estimate of drug-likeness (QED) is 0.352. The Balaban J connectivity index is 0.00000320. The maximum atomic E-state index is 13.3. The predicted molar refractivity (Wildman–Crippen MR) is 125 cm³/mol. The van der Waals surface area contributed by atoms with Crippen molar-refractivity contribution in [2.75, 3.05) is 32.1 Å². The molecule has 30 heavy (non-hydrogen) atoms. The SMILES string of the molecule is Cc1ccc2nc(N(CCCN(C)C)C(=O)c3cc([N+](=O)[O-])ccc3Cl)sc2c1.Cl. The lowest BCUT2D eigenvalue weighted by molar-refractivity contribution is -0.384. The second-order valence-electron chi connectivity index (χ2n) is 7.00. The van der Waals surface area contributed by atoms with E-state index in [1.54, 1.807) is 4.90 Å². The summed E-state index contributed by atoms with van der Waals surface area (Å²) in [6.07, 6.45) is 0.722. The molecule has 3 rings (SSSR count). The molecule has 1 aromatic heterocycles. The van der Waals surface area contributed by atoms with Crippen LogP contribution in [0.25, 0.3) is 10.2 Å². The average molecular weight is 469 g/mol. The molecule has 0 spiro atoms. The second kappa shape index (κ2) is 10.2. The van der Waals surface area contributed by atoms with E-state index >= 15 is 0 Å². The van der Waals surface area contributed by atoms with Crippen LogP contribution in [0.5, 0.6) is 0 Å². The van der Waals surface area contributed by atoms with E-state index in [0.717, 1.165) is 28.7 Å². The Bertz CT molecular complexity index is 1070. The highest BCUT2D eigenvalue weighted by Gasteiger charge is 2.25. The highest BCUT2D eigenvalue weighted by molar-refractivity contribution is 7.22. The molecule has 2 aromatic carbocycles. The number of anilines is 1. The van der Waals surface area contributed by atoms with Crippen LogP contribution in [0.3, 0.4) is 0 Å². The monoisotopic (exact) mass is 468 g/mol. The second-order valence-corrected chi connectivity index (χ2v) is 8.42. The number of aryl methyl sites for hydroxylation is 1. The van der Waals surface area contributed by atoms with Gasteiger partial charge >= 0.3 is 0 Å². The number of aromatic nitrogens is 1. The van der Waals surface area contributed by atoms with E-state index in [0.29, 0.717) is 11.7 Å². The van der Waals surface area contributed by atoms with Gasteiger partial charge in [-0.1, -0.05) is 29.0 Å². The molecule has 0 unspecified atom stereocenters. The Kier molecular flexibility index (Phi) is 8.14. The number of rotatable bonds is 7. The lowest BCUT2D eigenvalue weighted by Gasteiger charge is -2.21. The van der Waals surface area contributed by atoms with Crippen molar-refractivity contribution in [3.8, 4) is 0 Å². The van der Waals surface area contributed by atoms with E-state index in [2.05, 4.69) is 4.98 Å². The standard InChI is InChI=1S/C20H21ClN4O3S.ClH/c1-13-5-8-17-18(11-13)29-20(22-17)24(10-4-9-23(2)3)19(26)15-12-14(25(27)28)6-7-16(15)21;/h5-8,11-12H,4,9-10H2,1-3H3;1H. The number of thiazole rings is 1. The number of non-ortho nitro benzene ring substituents is 1. The minimum atomic E-state index is -0.538. The van der Waals surface area contributed by atoms with E-state index in [-0.39, 0.29) is 28.7 Å². The van der Waals surface area contributed by atoms with Crippen molar-refractivity contribution in [1.29, 1.82) is 0 Å². The molecular formula is C20H22Cl2N4O3S. The van der Waals surface area contributed by atoms with Crippen LogP contribution < -0.4 is 4.90 Å². The molecule has 1 amide bonds. The maximum Gasteiger partial charge on any atom is 0.270 e. The van der Waals surface area contributed by atoms with Crippen molar-refractivity contribution >= 4 is 62.3 Å². The highest BCUT2D eigenvalue weighted by Crippen LogP contribution is 2.32. The summed E-state index contributed by atoms with van der Waals surface area (Å²) in [5, 5.41) is 11.9. The third-order valence-electron chi connectivity index (χ3n) is 4.39. The molecular weight excluding hydrogens is 447 g/mol. The zero-order valence-electron chi connectivity index (χ0n) is 16.8. The van der Waals surface area contributed by atoms with Crippen LogP contribution in [0, 0.1) is 17.0 Å². The fraction of sp³-hybridized carbons (Fsp3) is 0.300. The van der Waals surface area contributed by atoms with Crippen LogP contribution >= 0.6 is 35.3 Å². The summed E-state index contributed by atoms with van der Waals surface area (Å²) in [6.45, 7) is 3.22. The van der Waals surface area contributed by atoms with Crippen molar-refractivity contribution in [3.63, 3.8) is 0 Å². The lowest BCUT2D eigenvalue weighted by Crippen LogP contribution is -2.33. The Morgan fingerprint density at radius 1 is 1.20 bits per heavy atom. The zero-order chi connectivity index (χ0) is 21.1. The van der Waals surface area contributed by atoms with Crippen molar-refractivity contribution < 1.29 is 9.72 Å². The fourth-order valence-electron chi connectivity index (χ4n) is 2.90. The molecule has 0 saturated heterocycles. The van der Waals surface area contributed by atoms with Gasteiger partial charge in [-0.3, -0.25) is 19.8 Å². The molecule has 1 heterocycles. The van der Waals surface area contributed by atoms with Gasteiger partial charge in [0.1, 0.15) is 0 Å². The van der Waals surface area contributed by atoms with Gasteiger partial charge in [-0.15, -0.1) is 12.4 Å². The van der Waals surface area contributed by atoms with Crippen LogP contribution in [0.4, 0.5) is 10.8 Å². The summed E-state index contributed by atoms with van der Waals surface area (Å²) in [5.74, 6) is -0.395. The predicted octanol–water partition coefficient (Wildman–Crippen LogP) is 5.19. The summed E-state index contributed by atoms with van der Waals surface area (Å²) >= 11 is 7.64. The van der Waals surface area contributed by atoms with E-state index in [4.69, 9.17) is 11.6 Å². The summed E-state index contributed by atoms with van der Waals surface area (Å²) in [7, 11) is 3.92. The minimum absolute atomic E-state index is 0. The minimum Gasteiger partial charge on any atom is -0.309 e. The zero-order valence-corrected chi connectivity index (χ0v) is 19.2. The molecule has 7 nitrogen and oxygen atoms in total. The number of carbonyl (C=O) groups is 1. The molecule has 3 aromatic rings. The van der Waals surface area contributed by atoms with Gasteiger partial charge in [0.05, 0.1) is 25.7 Å². The van der Waals surface area contributed by atoms with Gasteiger partial charge in [-0.25, -0.2) is 4.98 Å². The Hall–Kier alpha value is -2.26. The molecule has 0 N–H and O–H groups in total. The molecule has 160 valence electrons. The fourth-order valence-corrected chi connectivity index (χ4v) is 4.19. The van der Waals surface area contributed by atoms with Gasteiger partial charge in [-0.2, -0.15) is 0 Å². The van der Waals surface area contributed by atoms with Crippen LogP contribution in [-0.2, 0) is 0 Å². The van der Waals surface area contributed by atoms with E-state index in [1.807, 2.05) is 44.1 Å². The molecule has 10 heteroatoms. The van der Waals surface area contributed by atoms with Crippen molar-refractivity contribution in [2.24, 2.45) is 0 Å². The number of nitrogens with zero attached hydrogens (tertiary/aromatic N) is 4. The number of benzene rings is 2. The first-order valence-corrected chi connectivity index (χ1v) is 10.2. The number of amides is 1. The summed E-state index contributed by atoms with van der Waals surface area (Å²) in [5.41, 5.74) is 1.85. The summed E-state index contributed by atoms with van der Waals surface area (Å²) < 4.78 is 0.982. The number of nitro groups is 1. The topological polar surface area (TPSA) is 79.6 Å². The first-order chi connectivity index (χ1) is 13.8. The van der Waals surface area contributed by atoms with Gasteiger partial charge < -0.3 is 4.90 Å². The van der Waals surface area contributed by atoms with Gasteiger partial charge in [0, 0.05) is 18.7 Å². The average Bonchev–Trinajstić information content (AvgIpc) is 3.07. The Morgan fingerprint density at radius 2 is 1.93 bits per heavy atom. The lowest BCUT2D eigenvalue weighted by atomic mass is 10.1. The van der Waals surface area contributed by atoms with E-state index < -0.39 is 10.8 Å². The largest absolute Gasteiger partial charge is 0.309 e.